The molecule has 0 atom stereocenters. The van der Waals surface area contributed by atoms with E-state index >= 15 is 0 Å². The van der Waals surface area contributed by atoms with Crippen molar-refractivity contribution in [2.45, 2.75) is 39.0 Å². The van der Waals surface area contributed by atoms with Crippen LogP contribution < -0.4 is 0 Å². The van der Waals surface area contributed by atoms with Crippen molar-refractivity contribution in [2.75, 3.05) is 0 Å². The molecule has 3 nitrogen and oxygen atoms in total. The van der Waals surface area contributed by atoms with Gasteiger partial charge >= 0.3 is 0 Å². The Bertz CT molecular complexity index is 193. The van der Waals surface area contributed by atoms with Crippen LogP contribution >= 0.6 is 0 Å². The summed E-state index contributed by atoms with van der Waals surface area (Å²) in [4.78, 5) is 11.4. The van der Waals surface area contributed by atoms with E-state index in [2.05, 4.69) is 5.16 Å². The van der Waals surface area contributed by atoms with E-state index in [1.807, 2.05) is 0 Å². The predicted molar refractivity (Wildman–Crippen MR) is 46.5 cm³/mol. The third-order valence-electron chi connectivity index (χ3n) is 2.48. The van der Waals surface area contributed by atoms with E-state index in [1.165, 1.54) is 6.42 Å². The summed E-state index contributed by atoms with van der Waals surface area (Å²) >= 11 is 0. The minimum atomic E-state index is 0.0252. The van der Waals surface area contributed by atoms with Crippen LogP contribution in [-0.4, -0.2) is 16.7 Å². The van der Waals surface area contributed by atoms with Gasteiger partial charge in [0.15, 0.2) is 5.78 Å². The molecule has 0 amide bonds. The Morgan fingerprint density at radius 3 is 2.42 bits per heavy atom. The second-order valence-corrected chi connectivity index (χ2v) is 3.38. The molecule has 0 aromatic carbocycles. The quantitative estimate of drug-likeness (QED) is 0.390. The van der Waals surface area contributed by atoms with E-state index < -0.39 is 0 Å². The fraction of sp³-hybridized carbons (Fsp3) is 0.778. The molecule has 0 bridgehead atoms. The smallest absolute Gasteiger partial charge is 0.183 e. The van der Waals surface area contributed by atoms with E-state index in [0.29, 0.717) is 0 Å². The van der Waals surface area contributed by atoms with Crippen molar-refractivity contribution >= 4 is 11.5 Å². The van der Waals surface area contributed by atoms with E-state index in [4.69, 9.17) is 5.21 Å². The van der Waals surface area contributed by atoms with Crippen LogP contribution in [0.4, 0.5) is 0 Å². The molecule has 0 spiro atoms. The summed E-state index contributed by atoms with van der Waals surface area (Å²) in [6.45, 7) is 1.57. The second kappa shape index (κ2) is 4.24. The second-order valence-electron chi connectivity index (χ2n) is 3.38. The van der Waals surface area contributed by atoms with E-state index in [0.717, 1.165) is 25.7 Å². The van der Waals surface area contributed by atoms with Gasteiger partial charge in [-0.05, 0) is 19.8 Å². The highest BCUT2D eigenvalue weighted by atomic mass is 16.4. The molecule has 1 saturated carbocycles. The maximum atomic E-state index is 11.4. The van der Waals surface area contributed by atoms with Crippen LogP contribution in [-0.2, 0) is 4.79 Å². The highest BCUT2D eigenvalue weighted by Crippen LogP contribution is 2.24. The first-order valence-electron chi connectivity index (χ1n) is 4.48. The largest absolute Gasteiger partial charge is 0.411 e. The number of hydrogen-bond donors (Lipinski definition) is 1. The lowest BCUT2D eigenvalue weighted by molar-refractivity contribution is -0.117. The first kappa shape index (κ1) is 9.23. The molecular weight excluding hydrogens is 154 g/mol. The van der Waals surface area contributed by atoms with Crippen molar-refractivity contribution < 1.29 is 10.0 Å². The molecule has 0 aliphatic heterocycles. The van der Waals surface area contributed by atoms with Gasteiger partial charge in [-0.2, -0.15) is 0 Å². The Morgan fingerprint density at radius 2 is 1.92 bits per heavy atom. The number of carbonyl (C=O) groups excluding carboxylic acids is 1. The standard InChI is InChI=1S/C9H15NO2/c1-7(10-12)9(11)8-5-3-2-4-6-8/h8,12H,2-6H2,1H3/b10-7-. The highest BCUT2D eigenvalue weighted by molar-refractivity contribution is 6.39. The Hall–Kier alpha value is -0.860. The van der Waals surface area contributed by atoms with Crippen molar-refractivity contribution in [3.63, 3.8) is 0 Å². The molecule has 1 N–H and O–H groups in total. The zero-order chi connectivity index (χ0) is 8.97. The molecule has 1 rings (SSSR count). The summed E-state index contributed by atoms with van der Waals surface area (Å²) in [7, 11) is 0. The summed E-state index contributed by atoms with van der Waals surface area (Å²) in [5.74, 6) is 0.145. The van der Waals surface area contributed by atoms with Crippen LogP contribution in [0.15, 0.2) is 5.16 Å². The van der Waals surface area contributed by atoms with Crippen LogP contribution in [0.1, 0.15) is 39.0 Å². The molecular formula is C9H15NO2. The summed E-state index contributed by atoms with van der Waals surface area (Å²) in [5.41, 5.74) is 0.252. The number of ketones is 1. The van der Waals surface area contributed by atoms with E-state index in [1.54, 1.807) is 6.92 Å². The van der Waals surface area contributed by atoms with Crippen molar-refractivity contribution in [3.8, 4) is 0 Å². The van der Waals surface area contributed by atoms with Gasteiger partial charge in [0.05, 0.1) is 0 Å². The maximum absolute atomic E-state index is 11.4. The van der Waals surface area contributed by atoms with Crippen LogP contribution in [0, 0.1) is 5.92 Å². The minimum Gasteiger partial charge on any atom is -0.411 e. The summed E-state index contributed by atoms with van der Waals surface area (Å²) in [6, 6.07) is 0. The lowest BCUT2D eigenvalue weighted by atomic mass is 9.85. The molecule has 1 aliphatic carbocycles. The van der Waals surface area contributed by atoms with Gasteiger partial charge in [-0.1, -0.05) is 24.4 Å². The number of hydrogen-bond acceptors (Lipinski definition) is 3. The number of Topliss-reactive ketones (excluding diaryl/α,β-unsaturated/α-hetero) is 1. The average molecular weight is 169 g/mol. The molecule has 0 aromatic rings. The lowest BCUT2D eigenvalue weighted by Gasteiger charge is -2.19. The van der Waals surface area contributed by atoms with Gasteiger partial charge in [-0.15, -0.1) is 0 Å². The monoisotopic (exact) mass is 169 g/mol. The molecule has 12 heavy (non-hydrogen) atoms. The predicted octanol–water partition coefficient (Wildman–Crippen LogP) is 1.99. The van der Waals surface area contributed by atoms with Crippen molar-refractivity contribution in [1.29, 1.82) is 0 Å². The summed E-state index contributed by atoms with van der Waals surface area (Å²) in [5, 5.41) is 11.3. The van der Waals surface area contributed by atoms with Crippen LogP contribution in [0.3, 0.4) is 0 Å². The van der Waals surface area contributed by atoms with Crippen LogP contribution in [0.2, 0.25) is 0 Å². The molecule has 0 saturated heterocycles. The highest BCUT2D eigenvalue weighted by Gasteiger charge is 2.22. The van der Waals surface area contributed by atoms with Gasteiger partial charge in [-0.25, -0.2) is 0 Å². The van der Waals surface area contributed by atoms with Crippen molar-refractivity contribution in [1.82, 2.24) is 0 Å². The first-order valence-corrected chi connectivity index (χ1v) is 4.48. The van der Waals surface area contributed by atoms with Gasteiger partial charge in [-0.3, -0.25) is 4.79 Å². The van der Waals surface area contributed by atoms with Gasteiger partial charge in [0.1, 0.15) is 5.71 Å². The van der Waals surface area contributed by atoms with Gasteiger partial charge < -0.3 is 5.21 Å². The number of nitrogens with zero attached hydrogens (tertiary/aromatic N) is 1. The zero-order valence-corrected chi connectivity index (χ0v) is 7.42. The Kier molecular flexibility index (Phi) is 3.26. The molecule has 1 aliphatic rings. The van der Waals surface area contributed by atoms with Crippen molar-refractivity contribution in [2.24, 2.45) is 11.1 Å². The molecule has 0 unspecified atom stereocenters. The lowest BCUT2D eigenvalue weighted by Crippen LogP contribution is -2.23. The fourth-order valence-electron chi connectivity index (χ4n) is 1.71. The SMILES string of the molecule is C/C(=N/O)C(=O)C1CCCCC1. The average Bonchev–Trinajstić information content (AvgIpc) is 2.17. The maximum Gasteiger partial charge on any atom is 0.183 e. The number of oxime groups is 1. The van der Waals surface area contributed by atoms with Crippen LogP contribution in [0.5, 0.6) is 0 Å². The molecule has 3 heteroatoms. The number of rotatable bonds is 2. The Balaban J connectivity index is 2.51. The van der Waals surface area contributed by atoms with Gasteiger partial charge in [0.2, 0.25) is 0 Å². The Labute approximate surface area is 72.5 Å². The van der Waals surface area contributed by atoms with Gasteiger partial charge in [0.25, 0.3) is 0 Å². The Morgan fingerprint density at radius 1 is 1.33 bits per heavy atom. The molecule has 0 heterocycles. The molecule has 68 valence electrons. The third kappa shape index (κ3) is 2.06. The molecule has 0 aromatic heterocycles. The summed E-state index contributed by atoms with van der Waals surface area (Å²) < 4.78 is 0. The fourth-order valence-corrected chi connectivity index (χ4v) is 1.71. The van der Waals surface area contributed by atoms with Gasteiger partial charge in [0, 0.05) is 5.92 Å². The molecule has 1 fully saturated rings. The van der Waals surface area contributed by atoms with E-state index in [-0.39, 0.29) is 17.4 Å². The number of carbonyl (C=O) groups is 1. The third-order valence-corrected chi connectivity index (χ3v) is 2.48. The summed E-state index contributed by atoms with van der Waals surface area (Å²) in [6.07, 6.45) is 5.43. The zero-order valence-electron chi connectivity index (χ0n) is 7.42. The normalized spacial score (nSPS) is 20.9. The van der Waals surface area contributed by atoms with Crippen molar-refractivity contribution in [3.05, 3.63) is 0 Å². The topological polar surface area (TPSA) is 49.7 Å². The minimum absolute atomic E-state index is 0.0252. The van der Waals surface area contributed by atoms with E-state index in [9.17, 15) is 4.79 Å². The van der Waals surface area contributed by atoms with Crippen LogP contribution in [0.25, 0.3) is 0 Å². The molecule has 0 radical (unpaired) electrons. The first-order chi connectivity index (χ1) is 5.75.